The van der Waals surface area contributed by atoms with Gasteiger partial charge < -0.3 is 30.6 Å². The zero-order valence-electron chi connectivity index (χ0n) is 18.0. The van der Waals surface area contributed by atoms with Gasteiger partial charge in [-0.25, -0.2) is 0 Å². The highest BCUT2D eigenvalue weighted by molar-refractivity contribution is 6.12. The van der Waals surface area contributed by atoms with Gasteiger partial charge in [0, 0.05) is 25.0 Å². The first-order chi connectivity index (χ1) is 14.9. The van der Waals surface area contributed by atoms with E-state index >= 15 is 0 Å². The minimum Gasteiger partial charge on any atom is -0.512 e. The molecule has 0 aliphatic heterocycles. The van der Waals surface area contributed by atoms with Crippen molar-refractivity contribution in [2.24, 2.45) is 0 Å². The second kappa shape index (κ2) is 8.29. The fourth-order valence-electron chi connectivity index (χ4n) is 4.22. The van der Waals surface area contributed by atoms with Gasteiger partial charge >= 0.3 is 0 Å². The second-order valence-corrected chi connectivity index (χ2v) is 8.52. The van der Waals surface area contributed by atoms with E-state index in [2.05, 4.69) is 0 Å². The van der Waals surface area contributed by atoms with Gasteiger partial charge in [0.25, 0.3) is 0 Å². The van der Waals surface area contributed by atoms with E-state index in [-0.39, 0.29) is 40.5 Å². The van der Waals surface area contributed by atoms with E-state index in [9.17, 15) is 40.2 Å². The number of hydrogen-bond acceptors (Lipinski definition) is 8. The number of carbonyl (C=O) groups excluding carboxylic acids is 2. The van der Waals surface area contributed by atoms with Crippen LogP contribution in [0.25, 0.3) is 10.8 Å². The maximum Gasteiger partial charge on any atom is 0.198 e. The molecule has 0 aromatic heterocycles. The van der Waals surface area contributed by atoms with Crippen molar-refractivity contribution in [3.05, 3.63) is 52.3 Å². The lowest BCUT2D eigenvalue weighted by Gasteiger charge is -2.38. The van der Waals surface area contributed by atoms with Crippen molar-refractivity contribution in [2.45, 2.75) is 51.7 Å². The first kappa shape index (κ1) is 23.3. The van der Waals surface area contributed by atoms with Gasteiger partial charge in [-0.2, -0.15) is 0 Å². The number of aliphatic hydroxyl groups is 3. The van der Waals surface area contributed by atoms with Gasteiger partial charge in [-0.05, 0) is 49.8 Å². The molecule has 3 rings (SSSR count). The van der Waals surface area contributed by atoms with Crippen molar-refractivity contribution < 1.29 is 40.2 Å². The number of hydrogen-bond donors (Lipinski definition) is 6. The number of aliphatic hydroxyl groups excluding tert-OH is 2. The summed E-state index contributed by atoms with van der Waals surface area (Å²) in [7, 11) is 0. The molecule has 1 aliphatic carbocycles. The molecule has 0 heterocycles. The lowest BCUT2D eigenvalue weighted by atomic mass is 9.72. The van der Waals surface area contributed by atoms with E-state index in [0.29, 0.717) is 5.56 Å². The molecular weight excluding hydrogens is 416 g/mol. The molecule has 1 aliphatic rings. The third-order valence-electron chi connectivity index (χ3n) is 5.63. The van der Waals surface area contributed by atoms with Gasteiger partial charge in [0.05, 0.1) is 16.7 Å². The summed E-state index contributed by atoms with van der Waals surface area (Å²) in [5.74, 6) is -3.21. The van der Waals surface area contributed by atoms with Crippen molar-refractivity contribution in [1.29, 1.82) is 0 Å². The predicted octanol–water partition coefficient (Wildman–Crippen LogP) is 2.72. The third-order valence-corrected chi connectivity index (χ3v) is 5.63. The molecule has 2 atom stereocenters. The van der Waals surface area contributed by atoms with Crippen molar-refractivity contribution in [1.82, 2.24) is 0 Å². The van der Waals surface area contributed by atoms with Crippen LogP contribution in [-0.2, 0) is 17.6 Å². The van der Waals surface area contributed by atoms with Crippen LogP contribution in [0.15, 0.2) is 35.6 Å². The van der Waals surface area contributed by atoms with Crippen molar-refractivity contribution in [3.63, 3.8) is 0 Å². The van der Waals surface area contributed by atoms with Gasteiger partial charge in [0.2, 0.25) is 0 Å². The Bertz CT molecular complexity index is 1190. The Kier molecular flexibility index (Phi) is 6.04. The van der Waals surface area contributed by atoms with Crippen LogP contribution < -0.4 is 0 Å². The summed E-state index contributed by atoms with van der Waals surface area (Å²) >= 11 is 0. The Balaban J connectivity index is 2.33. The summed E-state index contributed by atoms with van der Waals surface area (Å²) in [6.07, 6.45) is 0.106. The molecule has 0 unspecified atom stereocenters. The van der Waals surface area contributed by atoms with Crippen molar-refractivity contribution in [3.8, 4) is 17.2 Å². The van der Waals surface area contributed by atoms with Gasteiger partial charge in [-0.1, -0.05) is 11.6 Å². The van der Waals surface area contributed by atoms with Gasteiger partial charge in [0.1, 0.15) is 29.0 Å². The molecule has 170 valence electrons. The maximum absolute atomic E-state index is 13.1. The van der Waals surface area contributed by atoms with Gasteiger partial charge in [-0.15, -0.1) is 0 Å². The zero-order valence-corrected chi connectivity index (χ0v) is 18.0. The highest BCUT2D eigenvalue weighted by Crippen LogP contribution is 2.47. The highest BCUT2D eigenvalue weighted by Gasteiger charge is 2.48. The monoisotopic (exact) mass is 442 g/mol. The van der Waals surface area contributed by atoms with Crippen LogP contribution in [0.1, 0.15) is 48.7 Å². The summed E-state index contributed by atoms with van der Waals surface area (Å²) in [6, 6.07) is 2.37. The predicted molar refractivity (Wildman–Crippen MR) is 117 cm³/mol. The Hall–Kier alpha value is -3.36. The fourth-order valence-corrected chi connectivity index (χ4v) is 4.22. The van der Waals surface area contributed by atoms with Crippen molar-refractivity contribution in [2.75, 3.05) is 0 Å². The first-order valence-electron chi connectivity index (χ1n) is 10.1. The molecule has 2 aromatic carbocycles. The molecule has 2 aromatic rings. The maximum atomic E-state index is 13.1. The van der Waals surface area contributed by atoms with E-state index in [1.54, 1.807) is 0 Å². The number of Topliss-reactive ketones (excluding diaryl/α,β-unsaturated/α-hetero) is 1. The smallest absolute Gasteiger partial charge is 0.198 e. The number of aromatic hydroxyl groups is 3. The average Bonchev–Trinajstić information content (AvgIpc) is 2.64. The summed E-state index contributed by atoms with van der Waals surface area (Å²) in [4.78, 5) is 24.4. The molecule has 8 heteroatoms. The Morgan fingerprint density at radius 2 is 1.84 bits per heavy atom. The van der Waals surface area contributed by atoms with Crippen LogP contribution in [0.3, 0.4) is 0 Å². The number of fused-ring (bicyclic) bond motifs is 2. The molecule has 8 nitrogen and oxygen atoms in total. The topological polar surface area (TPSA) is 156 Å². The number of rotatable bonds is 5. The van der Waals surface area contributed by atoms with Crippen LogP contribution in [-0.4, -0.2) is 53.9 Å². The molecule has 0 spiro atoms. The third kappa shape index (κ3) is 4.06. The SMILES string of the molecule is CC(=O)C=C(O)C[C@]1(O)Cc2c(c(O)c3c(O)cc(O)cc3c2CC=C(C)C)C(=O)[C@H]1O. The molecule has 0 fully saturated rings. The Morgan fingerprint density at radius 3 is 2.44 bits per heavy atom. The number of phenolic OH excluding ortho intramolecular Hbond substituents is 3. The van der Waals surface area contributed by atoms with E-state index in [4.69, 9.17) is 0 Å². The number of ketones is 2. The molecule has 6 N–H and O–H groups in total. The largest absolute Gasteiger partial charge is 0.512 e. The number of benzene rings is 2. The molecule has 0 saturated carbocycles. The zero-order chi connectivity index (χ0) is 24.0. The van der Waals surface area contributed by atoms with E-state index in [1.807, 2.05) is 19.9 Å². The summed E-state index contributed by atoms with van der Waals surface area (Å²) in [5, 5.41) is 63.3. The van der Waals surface area contributed by atoms with Crippen LogP contribution in [0.4, 0.5) is 0 Å². The van der Waals surface area contributed by atoms with Crippen LogP contribution in [0.5, 0.6) is 17.2 Å². The van der Waals surface area contributed by atoms with Crippen LogP contribution in [0, 0.1) is 0 Å². The Labute approximate surface area is 184 Å². The van der Waals surface area contributed by atoms with Crippen LogP contribution in [0.2, 0.25) is 0 Å². The average molecular weight is 442 g/mol. The minimum absolute atomic E-state index is 0.0518. The highest BCUT2D eigenvalue weighted by atomic mass is 16.4. The number of carbonyl (C=O) groups is 2. The fraction of sp³-hybridized carbons (Fsp3) is 0.333. The molecule has 32 heavy (non-hydrogen) atoms. The van der Waals surface area contributed by atoms with E-state index in [0.717, 1.165) is 17.7 Å². The first-order valence-corrected chi connectivity index (χ1v) is 10.1. The van der Waals surface area contributed by atoms with E-state index < -0.39 is 47.0 Å². The Morgan fingerprint density at radius 1 is 1.19 bits per heavy atom. The number of allylic oxidation sites excluding steroid dienone is 3. The second-order valence-electron chi connectivity index (χ2n) is 8.52. The summed E-state index contributed by atoms with van der Waals surface area (Å²) < 4.78 is 0. The molecule has 0 amide bonds. The number of phenols is 3. The van der Waals surface area contributed by atoms with Crippen LogP contribution >= 0.6 is 0 Å². The minimum atomic E-state index is -2.14. The van der Waals surface area contributed by atoms with E-state index in [1.165, 1.54) is 13.0 Å². The molecule has 0 saturated heterocycles. The van der Waals surface area contributed by atoms with Gasteiger partial charge in [0.15, 0.2) is 11.6 Å². The lowest BCUT2D eigenvalue weighted by molar-refractivity contribution is -0.112. The lowest BCUT2D eigenvalue weighted by Crippen LogP contribution is -2.53. The summed E-state index contributed by atoms with van der Waals surface area (Å²) in [6.45, 7) is 4.93. The van der Waals surface area contributed by atoms with Gasteiger partial charge in [-0.3, -0.25) is 9.59 Å². The standard InChI is InChI=1S/C24H26O8/c1-11(2)4-5-15-16-7-13(26)8-18(28)19(16)21(29)20-17(15)10-24(32,23(31)22(20)30)9-14(27)6-12(3)25/h4,6-8,23,26-29,31-32H,5,9-10H2,1-3H3/t23-,24+/m1/s1. The quantitative estimate of drug-likeness (QED) is 0.235. The molecular formula is C24H26O8. The van der Waals surface area contributed by atoms with Crippen molar-refractivity contribution >= 4 is 22.3 Å². The summed E-state index contributed by atoms with van der Waals surface area (Å²) in [5.41, 5.74) is -0.731. The normalized spacial score (nSPS) is 20.8. The molecule has 0 radical (unpaired) electrons. The molecule has 0 bridgehead atoms.